The third-order valence-electron chi connectivity index (χ3n) is 3.55. The van der Waals surface area contributed by atoms with E-state index in [1.54, 1.807) is 0 Å². The van der Waals surface area contributed by atoms with Crippen molar-refractivity contribution in [2.24, 2.45) is 21.7 Å². The van der Waals surface area contributed by atoms with Crippen molar-refractivity contribution in [3.05, 3.63) is 23.7 Å². The molecular weight excluding hydrogens is 468 g/mol. The van der Waals surface area contributed by atoms with E-state index < -0.39 is 10.8 Å². The van der Waals surface area contributed by atoms with E-state index in [-0.39, 0.29) is 75.7 Å². The smallest absolute Gasteiger partial charge is 0.164 e. The van der Waals surface area contributed by atoms with Crippen molar-refractivity contribution in [3.63, 3.8) is 0 Å². The molecule has 0 aliphatic rings. The molecule has 0 saturated carbocycles. The van der Waals surface area contributed by atoms with E-state index in [0.29, 0.717) is 0 Å². The summed E-state index contributed by atoms with van der Waals surface area (Å²) < 4.78 is 0. The molecule has 0 rings (SSSR count). The molecule has 4 nitrogen and oxygen atoms in total. The van der Waals surface area contributed by atoms with Crippen LogP contribution in [0.2, 0.25) is 0 Å². The number of hydrogen-bond donors (Lipinski definition) is 2. The van der Waals surface area contributed by atoms with Gasteiger partial charge in [0.1, 0.15) is 11.5 Å². The molecule has 0 saturated heterocycles. The summed E-state index contributed by atoms with van der Waals surface area (Å²) in [6.07, 6.45) is 2.67. The first-order chi connectivity index (χ1) is 11.1. The molecule has 0 aromatic heterocycles. The van der Waals surface area contributed by atoms with Crippen LogP contribution < -0.4 is 0 Å². The Morgan fingerprint density at radius 1 is 0.519 bits per heavy atom. The standard InChI is InChI=1S/2C11H20O2.Ce/c2*1-10(2,3)8(12)7-9(13)11(4,5)6;/h2*7,12H,1-6H3;. The number of ketones is 2. The molecule has 27 heavy (non-hydrogen) atoms. The van der Waals surface area contributed by atoms with Gasteiger partial charge < -0.3 is 10.2 Å². The van der Waals surface area contributed by atoms with Crippen LogP contribution in [0.15, 0.2) is 23.7 Å². The van der Waals surface area contributed by atoms with Crippen LogP contribution in [0.4, 0.5) is 0 Å². The summed E-state index contributed by atoms with van der Waals surface area (Å²) >= 11 is 0. The number of aliphatic hydroxyl groups excluding tert-OH is 2. The molecule has 0 amide bonds. The van der Waals surface area contributed by atoms with Gasteiger partial charge in [-0.1, -0.05) is 83.1 Å². The van der Waals surface area contributed by atoms with Crippen LogP contribution >= 0.6 is 0 Å². The van der Waals surface area contributed by atoms with Gasteiger partial charge in [0.05, 0.1) is 0 Å². The fourth-order valence-electron chi connectivity index (χ4n) is 1.11. The number of hydrogen-bond acceptors (Lipinski definition) is 4. The van der Waals surface area contributed by atoms with E-state index in [2.05, 4.69) is 0 Å². The zero-order valence-corrected chi connectivity index (χ0v) is 22.5. The van der Waals surface area contributed by atoms with Crippen LogP contribution in [0.25, 0.3) is 0 Å². The number of carbonyl (C=O) groups is 2. The number of rotatable bonds is 2. The average Bonchev–Trinajstić information content (AvgIpc) is 2.34. The molecule has 5 heteroatoms. The maximum absolute atomic E-state index is 11.5. The number of allylic oxidation sites excluding steroid dienone is 4. The van der Waals surface area contributed by atoms with Gasteiger partial charge in [0.15, 0.2) is 11.6 Å². The molecule has 0 fully saturated rings. The van der Waals surface area contributed by atoms with Gasteiger partial charge in [-0.15, -0.1) is 0 Å². The predicted molar refractivity (Wildman–Crippen MR) is 109 cm³/mol. The molecule has 0 aliphatic heterocycles. The Balaban J connectivity index is -0.000000411. The van der Waals surface area contributed by atoms with E-state index in [1.165, 1.54) is 12.2 Å². The second-order valence-electron chi connectivity index (χ2n) is 10.8. The molecule has 0 atom stereocenters. The second-order valence-corrected chi connectivity index (χ2v) is 10.8. The van der Waals surface area contributed by atoms with Crippen LogP contribution in [0.5, 0.6) is 0 Å². The topological polar surface area (TPSA) is 74.6 Å². The summed E-state index contributed by atoms with van der Waals surface area (Å²) in [4.78, 5) is 23.0. The van der Waals surface area contributed by atoms with E-state index in [9.17, 15) is 19.8 Å². The normalized spacial score (nSPS) is 13.9. The van der Waals surface area contributed by atoms with Gasteiger partial charge in [-0.2, -0.15) is 0 Å². The molecular formula is C22H40CeO4. The molecule has 0 aliphatic carbocycles. The minimum absolute atomic E-state index is 0. The number of carbonyl (C=O) groups excluding carboxylic acids is 2. The summed E-state index contributed by atoms with van der Waals surface area (Å²) in [5.41, 5.74) is -1.53. The van der Waals surface area contributed by atoms with E-state index in [1.807, 2.05) is 83.1 Å². The Morgan fingerprint density at radius 2 is 0.704 bits per heavy atom. The van der Waals surface area contributed by atoms with E-state index in [0.717, 1.165) is 0 Å². The van der Waals surface area contributed by atoms with Gasteiger partial charge in [-0.05, 0) is 0 Å². The Hall–Kier alpha value is -0.203. The minimum Gasteiger partial charge on any atom is -0.512 e. The molecule has 0 aromatic rings. The summed E-state index contributed by atoms with van der Waals surface area (Å²) in [6, 6.07) is 0. The molecule has 0 radical (unpaired) electrons. The maximum Gasteiger partial charge on any atom is 0.164 e. The quantitative estimate of drug-likeness (QED) is 0.345. The third-order valence-corrected chi connectivity index (χ3v) is 3.55. The predicted octanol–water partition coefficient (Wildman–Crippen LogP) is 6.18. The van der Waals surface area contributed by atoms with Crippen molar-refractivity contribution in [1.82, 2.24) is 0 Å². The third kappa shape index (κ3) is 14.4. The van der Waals surface area contributed by atoms with Crippen LogP contribution in [-0.2, 0) is 9.59 Å². The molecule has 156 valence electrons. The van der Waals surface area contributed by atoms with Crippen LogP contribution in [0, 0.1) is 63.4 Å². The van der Waals surface area contributed by atoms with E-state index in [4.69, 9.17) is 0 Å². The summed E-state index contributed by atoms with van der Waals surface area (Å²) in [7, 11) is 0. The SMILES string of the molecule is CC(C)(C)C(=O)C=C(O)C(C)(C)C.CC(C)(C)C(=O)C=C(O)C(C)(C)C.[Ce]. The molecule has 2 N–H and O–H groups in total. The summed E-state index contributed by atoms with van der Waals surface area (Å²) in [5, 5.41) is 19.1. The van der Waals surface area contributed by atoms with Crippen molar-refractivity contribution >= 4 is 11.6 Å². The zero-order valence-electron chi connectivity index (χ0n) is 19.4. The van der Waals surface area contributed by atoms with Gasteiger partial charge in [-0.3, -0.25) is 9.59 Å². The Morgan fingerprint density at radius 3 is 0.815 bits per heavy atom. The largest absolute Gasteiger partial charge is 0.512 e. The molecule has 0 aromatic carbocycles. The van der Waals surface area contributed by atoms with Crippen LogP contribution in [0.1, 0.15) is 83.1 Å². The van der Waals surface area contributed by atoms with Crippen molar-refractivity contribution < 1.29 is 61.5 Å². The Bertz CT molecular complexity index is 505. The first-order valence-electron chi connectivity index (χ1n) is 9.01. The van der Waals surface area contributed by atoms with Crippen LogP contribution in [0.3, 0.4) is 0 Å². The molecule has 0 bridgehead atoms. The van der Waals surface area contributed by atoms with Gasteiger partial charge in [0.2, 0.25) is 0 Å². The Kier molecular flexibility index (Phi) is 12.9. The van der Waals surface area contributed by atoms with Gasteiger partial charge in [-0.25, -0.2) is 0 Å². The summed E-state index contributed by atoms with van der Waals surface area (Å²) in [5.74, 6) is 0.208. The number of aliphatic hydroxyl groups is 2. The van der Waals surface area contributed by atoms with Crippen molar-refractivity contribution in [2.45, 2.75) is 83.1 Å². The van der Waals surface area contributed by atoms with Gasteiger partial charge in [0.25, 0.3) is 0 Å². The maximum atomic E-state index is 11.5. The molecule has 0 spiro atoms. The monoisotopic (exact) mass is 508 g/mol. The fraction of sp³-hybridized carbons (Fsp3) is 0.727. The van der Waals surface area contributed by atoms with Gasteiger partial charge in [0, 0.05) is 75.6 Å². The molecule has 0 unspecified atom stereocenters. The van der Waals surface area contributed by atoms with Crippen molar-refractivity contribution in [3.8, 4) is 0 Å². The minimum atomic E-state index is -0.417. The van der Waals surface area contributed by atoms with E-state index >= 15 is 0 Å². The van der Waals surface area contributed by atoms with Gasteiger partial charge >= 0.3 is 0 Å². The average molecular weight is 509 g/mol. The van der Waals surface area contributed by atoms with Crippen LogP contribution in [-0.4, -0.2) is 21.8 Å². The van der Waals surface area contributed by atoms with Crippen molar-refractivity contribution in [2.75, 3.05) is 0 Å². The Labute approximate surface area is 200 Å². The zero-order chi connectivity index (χ0) is 21.7. The second kappa shape index (κ2) is 11.1. The first kappa shape index (κ1) is 31.5. The van der Waals surface area contributed by atoms with Crippen molar-refractivity contribution in [1.29, 1.82) is 0 Å². The summed E-state index contributed by atoms with van der Waals surface area (Å²) in [6.45, 7) is 22.2. The first-order valence-corrected chi connectivity index (χ1v) is 9.01. The molecule has 0 heterocycles. The fourth-order valence-corrected chi connectivity index (χ4v) is 1.11.